The van der Waals surface area contributed by atoms with Gasteiger partial charge in [0.2, 0.25) is 10.0 Å². The van der Waals surface area contributed by atoms with Crippen LogP contribution in [0.25, 0.3) is 0 Å². The van der Waals surface area contributed by atoms with Crippen molar-refractivity contribution < 1.29 is 23.1 Å². The van der Waals surface area contributed by atoms with Gasteiger partial charge in [-0.05, 0) is 18.2 Å². The standard InChI is InChI=1S/C13H16N4O5S/c1-17-8-9(15-16-17)5-6-14-23(20,21)10-3-4-12(22-2)11(7-10)13(18)19/h3-4,7-8,14H,5-6H2,1-2H3,(H,18,19). The minimum atomic E-state index is -3.83. The molecule has 0 bridgehead atoms. The molecule has 0 saturated heterocycles. The Kier molecular flexibility index (Phi) is 4.96. The minimum absolute atomic E-state index is 0.0935. The molecule has 0 aliphatic heterocycles. The number of hydrogen-bond acceptors (Lipinski definition) is 6. The quantitative estimate of drug-likeness (QED) is 0.729. The average Bonchev–Trinajstić information content (AvgIpc) is 2.91. The van der Waals surface area contributed by atoms with E-state index in [0.717, 1.165) is 6.07 Å². The van der Waals surface area contributed by atoms with E-state index in [1.54, 1.807) is 13.2 Å². The number of aryl methyl sites for hydroxylation is 1. The van der Waals surface area contributed by atoms with Crippen LogP contribution in [0.15, 0.2) is 29.3 Å². The van der Waals surface area contributed by atoms with Gasteiger partial charge in [0.15, 0.2) is 0 Å². The van der Waals surface area contributed by atoms with Crippen LogP contribution in [-0.4, -0.2) is 48.1 Å². The maximum atomic E-state index is 12.2. The van der Waals surface area contributed by atoms with E-state index in [1.165, 1.54) is 23.9 Å². The molecule has 0 amide bonds. The number of ether oxygens (including phenoxy) is 1. The van der Waals surface area contributed by atoms with Crippen LogP contribution in [-0.2, 0) is 23.5 Å². The number of aromatic nitrogens is 3. The van der Waals surface area contributed by atoms with Gasteiger partial charge in [0.05, 0.1) is 17.7 Å². The SMILES string of the molecule is COc1ccc(S(=O)(=O)NCCc2cn(C)nn2)cc1C(=O)O. The minimum Gasteiger partial charge on any atom is -0.496 e. The number of carboxylic acids is 1. The smallest absolute Gasteiger partial charge is 0.339 e. The van der Waals surface area contributed by atoms with E-state index in [4.69, 9.17) is 9.84 Å². The number of nitrogens with zero attached hydrogens (tertiary/aromatic N) is 3. The Morgan fingerprint density at radius 3 is 2.74 bits per heavy atom. The summed E-state index contributed by atoms with van der Waals surface area (Å²) >= 11 is 0. The van der Waals surface area contributed by atoms with Crippen LogP contribution >= 0.6 is 0 Å². The zero-order valence-corrected chi connectivity index (χ0v) is 13.4. The fraction of sp³-hybridized carbons (Fsp3) is 0.308. The predicted molar refractivity (Wildman–Crippen MR) is 79.8 cm³/mol. The Morgan fingerprint density at radius 1 is 1.43 bits per heavy atom. The van der Waals surface area contributed by atoms with Gasteiger partial charge in [0.25, 0.3) is 0 Å². The number of rotatable bonds is 7. The lowest BCUT2D eigenvalue weighted by molar-refractivity contribution is 0.0693. The third-order valence-corrected chi connectivity index (χ3v) is 4.49. The lowest BCUT2D eigenvalue weighted by Gasteiger charge is -2.09. The van der Waals surface area contributed by atoms with E-state index in [0.29, 0.717) is 12.1 Å². The number of benzene rings is 1. The molecule has 2 aromatic rings. The van der Waals surface area contributed by atoms with Gasteiger partial charge in [0, 0.05) is 26.2 Å². The summed E-state index contributed by atoms with van der Waals surface area (Å²) in [7, 11) is -0.800. The summed E-state index contributed by atoms with van der Waals surface area (Å²) < 4.78 is 33.3. The second-order valence-electron chi connectivity index (χ2n) is 4.70. The Hall–Kier alpha value is -2.46. The van der Waals surface area contributed by atoms with Crippen molar-refractivity contribution in [3.63, 3.8) is 0 Å². The molecule has 1 heterocycles. The summed E-state index contributed by atoms with van der Waals surface area (Å²) in [6.45, 7) is 0.120. The molecule has 2 rings (SSSR count). The zero-order chi connectivity index (χ0) is 17.0. The Balaban J connectivity index is 2.12. The molecule has 0 saturated carbocycles. The molecule has 23 heavy (non-hydrogen) atoms. The summed E-state index contributed by atoms with van der Waals surface area (Å²) in [6.07, 6.45) is 2.05. The molecule has 0 radical (unpaired) electrons. The number of aromatic carboxylic acids is 1. The third kappa shape index (κ3) is 4.05. The Morgan fingerprint density at radius 2 is 2.17 bits per heavy atom. The Bertz CT molecular complexity index is 816. The first-order valence-corrected chi connectivity index (χ1v) is 8.08. The number of carboxylic acid groups (broad SMARTS) is 1. The lowest BCUT2D eigenvalue weighted by atomic mass is 10.2. The van der Waals surface area contributed by atoms with Crippen LogP contribution in [0, 0.1) is 0 Å². The highest BCUT2D eigenvalue weighted by Crippen LogP contribution is 2.22. The van der Waals surface area contributed by atoms with Crippen LogP contribution in [0.2, 0.25) is 0 Å². The van der Waals surface area contributed by atoms with Gasteiger partial charge in [-0.3, -0.25) is 4.68 Å². The van der Waals surface area contributed by atoms with Gasteiger partial charge in [-0.1, -0.05) is 5.21 Å². The van der Waals surface area contributed by atoms with Crippen LogP contribution in [0.3, 0.4) is 0 Å². The third-order valence-electron chi connectivity index (χ3n) is 3.03. The molecular weight excluding hydrogens is 324 g/mol. The molecule has 1 aromatic heterocycles. The van der Waals surface area contributed by atoms with Gasteiger partial charge in [-0.15, -0.1) is 5.10 Å². The largest absolute Gasteiger partial charge is 0.496 e. The van der Waals surface area contributed by atoms with Crippen LogP contribution in [0.4, 0.5) is 0 Å². The topological polar surface area (TPSA) is 123 Å². The fourth-order valence-electron chi connectivity index (χ4n) is 1.93. The van der Waals surface area contributed by atoms with Crippen molar-refractivity contribution in [2.45, 2.75) is 11.3 Å². The summed E-state index contributed by atoms with van der Waals surface area (Å²) in [6, 6.07) is 3.66. The van der Waals surface area contributed by atoms with Crippen molar-refractivity contribution in [3.8, 4) is 5.75 Å². The fourth-order valence-corrected chi connectivity index (χ4v) is 2.99. The maximum Gasteiger partial charge on any atom is 0.339 e. The van der Waals surface area contributed by atoms with Crippen molar-refractivity contribution in [1.82, 2.24) is 19.7 Å². The number of sulfonamides is 1. The first-order chi connectivity index (χ1) is 10.8. The van der Waals surface area contributed by atoms with Crippen LogP contribution < -0.4 is 9.46 Å². The second kappa shape index (κ2) is 6.75. The molecule has 0 unspecified atom stereocenters. The Labute approximate surface area is 132 Å². The van der Waals surface area contributed by atoms with E-state index >= 15 is 0 Å². The average molecular weight is 340 g/mol. The first kappa shape index (κ1) is 16.9. The molecule has 0 aliphatic rings. The molecule has 10 heteroatoms. The van der Waals surface area contributed by atoms with Gasteiger partial charge >= 0.3 is 5.97 Å². The van der Waals surface area contributed by atoms with Crippen molar-refractivity contribution in [2.24, 2.45) is 7.05 Å². The first-order valence-electron chi connectivity index (χ1n) is 6.59. The van der Waals surface area contributed by atoms with E-state index in [9.17, 15) is 13.2 Å². The highest BCUT2D eigenvalue weighted by Gasteiger charge is 2.19. The number of methoxy groups -OCH3 is 1. The van der Waals surface area contributed by atoms with Crippen LogP contribution in [0.1, 0.15) is 16.1 Å². The molecule has 1 aromatic carbocycles. The lowest BCUT2D eigenvalue weighted by Crippen LogP contribution is -2.26. The van der Waals surface area contributed by atoms with Crippen LogP contribution in [0.5, 0.6) is 5.75 Å². The van der Waals surface area contributed by atoms with Gasteiger partial charge < -0.3 is 9.84 Å². The molecule has 9 nitrogen and oxygen atoms in total. The summed E-state index contributed by atoms with van der Waals surface area (Å²) in [5.41, 5.74) is 0.431. The van der Waals surface area contributed by atoms with Crippen molar-refractivity contribution in [1.29, 1.82) is 0 Å². The summed E-state index contributed by atoms with van der Waals surface area (Å²) in [5.74, 6) is -1.17. The number of hydrogen-bond donors (Lipinski definition) is 2. The van der Waals surface area contributed by atoms with E-state index in [2.05, 4.69) is 15.0 Å². The van der Waals surface area contributed by atoms with Crippen molar-refractivity contribution >= 4 is 16.0 Å². The monoisotopic (exact) mass is 340 g/mol. The number of nitrogens with one attached hydrogen (secondary N) is 1. The van der Waals surface area contributed by atoms with E-state index < -0.39 is 16.0 Å². The van der Waals surface area contributed by atoms with Gasteiger partial charge in [-0.25, -0.2) is 17.9 Å². The van der Waals surface area contributed by atoms with E-state index in [-0.39, 0.29) is 22.8 Å². The second-order valence-corrected chi connectivity index (χ2v) is 6.47. The molecule has 2 N–H and O–H groups in total. The van der Waals surface area contributed by atoms with Gasteiger partial charge in [0.1, 0.15) is 11.3 Å². The molecule has 0 spiro atoms. The van der Waals surface area contributed by atoms with Gasteiger partial charge in [-0.2, -0.15) is 0 Å². The van der Waals surface area contributed by atoms with Crippen molar-refractivity contribution in [3.05, 3.63) is 35.7 Å². The molecule has 0 aliphatic carbocycles. The highest BCUT2D eigenvalue weighted by atomic mass is 32.2. The normalized spacial score (nSPS) is 11.4. The summed E-state index contributed by atoms with van der Waals surface area (Å²) in [5, 5.41) is 16.7. The number of carbonyl (C=O) groups is 1. The maximum absolute atomic E-state index is 12.2. The summed E-state index contributed by atoms with van der Waals surface area (Å²) in [4.78, 5) is 11.0. The van der Waals surface area contributed by atoms with Crippen molar-refractivity contribution in [2.75, 3.05) is 13.7 Å². The highest BCUT2D eigenvalue weighted by molar-refractivity contribution is 7.89. The predicted octanol–water partition coefficient (Wildman–Crippen LogP) is 0.0429. The molecular formula is C13H16N4O5S. The molecule has 124 valence electrons. The molecule has 0 atom stereocenters. The molecule has 0 fully saturated rings. The zero-order valence-electron chi connectivity index (χ0n) is 12.6. The van der Waals surface area contributed by atoms with E-state index in [1.807, 2.05) is 0 Å².